The first-order valence-electron chi connectivity index (χ1n) is 8.78. The van der Waals surface area contributed by atoms with Crippen LogP contribution < -0.4 is 4.74 Å². The molecule has 0 unspecified atom stereocenters. The molecule has 0 aliphatic rings. The maximum Gasteiger partial charge on any atom is 0.414 e. The van der Waals surface area contributed by atoms with Gasteiger partial charge in [-0.25, -0.2) is 0 Å². The molecular formula is C21H25N4OS+. The molecule has 140 valence electrons. The van der Waals surface area contributed by atoms with Crippen LogP contribution in [0.2, 0.25) is 0 Å². The van der Waals surface area contributed by atoms with Gasteiger partial charge in [-0.2, -0.15) is 5.26 Å². The highest BCUT2D eigenvalue weighted by Crippen LogP contribution is 2.24. The lowest BCUT2D eigenvalue weighted by molar-refractivity contribution is 0.357. The minimum absolute atomic E-state index is 0.0788. The SMILES string of the molecule is CCN(C)CCc1cc(C#N)c(OC([SH2+])=NC(=N)c2ccccc2)cc1C. The Labute approximate surface area is 166 Å². The molecule has 5 nitrogen and oxygen atoms in total. The van der Waals surface area contributed by atoms with Gasteiger partial charge in [-0.15, -0.1) is 4.99 Å². The molecule has 0 radical (unpaired) electrons. The van der Waals surface area contributed by atoms with Crippen LogP contribution in [-0.4, -0.2) is 36.1 Å². The molecule has 0 heterocycles. The van der Waals surface area contributed by atoms with Crippen molar-refractivity contribution in [2.45, 2.75) is 20.3 Å². The Bertz CT molecular complexity index is 872. The molecule has 0 fully saturated rings. The van der Waals surface area contributed by atoms with Crippen molar-refractivity contribution in [3.63, 3.8) is 0 Å². The summed E-state index contributed by atoms with van der Waals surface area (Å²) in [6, 6.07) is 15.1. The number of likely N-dealkylation sites (N-methyl/N-ethyl adjacent to an activating group) is 1. The molecule has 2 rings (SSSR count). The molecule has 0 spiro atoms. The van der Waals surface area contributed by atoms with Crippen LogP contribution in [0.1, 0.15) is 29.2 Å². The quantitative estimate of drug-likeness (QED) is 0.475. The molecule has 0 aliphatic heterocycles. The zero-order chi connectivity index (χ0) is 19.8. The van der Waals surface area contributed by atoms with Crippen molar-refractivity contribution in [2.75, 3.05) is 20.1 Å². The monoisotopic (exact) mass is 381 g/mol. The molecule has 2 aromatic rings. The van der Waals surface area contributed by atoms with Gasteiger partial charge in [0.15, 0.2) is 11.6 Å². The predicted octanol–water partition coefficient (Wildman–Crippen LogP) is 3.13. The Morgan fingerprint density at radius 2 is 2.00 bits per heavy atom. The number of amidine groups is 1. The third kappa shape index (κ3) is 5.95. The van der Waals surface area contributed by atoms with E-state index in [9.17, 15) is 5.26 Å². The van der Waals surface area contributed by atoms with E-state index in [1.54, 1.807) is 12.1 Å². The maximum absolute atomic E-state index is 9.49. The Morgan fingerprint density at radius 3 is 2.63 bits per heavy atom. The van der Waals surface area contributed by atoms with Gasteiger partial charge in [0.2, 0.25) is 0 Å². The fraction of sp³-hybridized carbons (Fsp3) is 0.286. The van der Waals surface area contributed by atoms with Crippen LogP contribution in [0.4, 0.5) is 0 Å². The van der Waals surface area contributed by atoms with Crippen LogP contribution in [0.5, 0.6) is 5.75 Å². The summed E-state index contributed by atoms with van der Waals surface area (Å²) in [7, 11) is 2.08. The number of aryl methyl sites for hydroxylation is 1. The van der Waals surface area contributed by atoms with Gasteiger partial charge in [0.05, 0.1) is 18.2 Å². The minimum Gasteiger partial charge on any atom is -0.401 e. The van der Waals surface area contributed by atoms with E-state index in [0.29, 0.717) is 16.9 Å². The Hall–Kier alpha value is -2.62. The van der Waals surface area contributed by atoms with E-state index in [0.717, 1.165) is 30.6 Å². The normalized spacial score (nSPS) is 11.3. The maximum atomic E-state index is 9.49. The second kappa shape index (κ2) is 9.91. The van der Waals surface area contributed by atoms with E-state index in [2.05, 4.69) is 42.6 Å². The fourth-order valence-electron chi connectivity index (χ4n) is 2.53. The topological polar surface area (TPSA) is 72.5 Å². The number of hydrogen-bond donors (Lipinski definition) is 1. The van der Waals surface area contributed by atoms with Gasteiger partial charge in [-0.3, -0.25) is 5.41 Å². The lowest BCUT2D eigenvalue weighted by Gasteiger charge is -2.15. The zero-order valence-electron chi connectivity index (χ0n) is 15.9. The molecule has 0 bridgehead atoms. The summed E-state index contributed by atoms with van der Waals surface area (Å²) in [5, 5.41) is 17.7. The molecule has 0 amide bonds. The second-order valence-corrected chi connectivity index (χ2v) is 6.69. The van der Waals surface area contributed by atoms with Gasteiger partial charge in [-0.1, -0.05) is 37.3 Å². The molecule has 0 saturated heterocycles. The first kappa shape index (κ1) is 20.7. The van der Waals surface area contributed by atoms with E-state index in [-0.39, 0.29) is 11.1 Å². The minimum atomic E-state index is 0.0788. The van der Waals surface area contributed by atoms with E-state index in [4.69, 9.17) is 10.1 Å². The third-order valence-corrected chi connectivity index (χ3v) is 4.54. The molecule has 1 N–H and O–H groups in total. The first-order valence-corrected chi connectivity index (χ1v) is 9.28. The van der Waals surface area contributed by atoms with E-state index < -0.39 is 0 Å². The summed E-state index contributed by atoms with van der Waals surface area (Å²) in [5.74, 6) is 0.507. The lowest BCUT2D eigenvalue weighted by atomic mass is 10.0. The zero-order valence-corrected chi connectivity index (χ0v) is 16.9. The largest absolute Gasteiger partial charge is 0.414 e. The van der Waals surface area contributed by atoms with Crippen molar-refractivity contribution in [3.05, 3.63) is 64.7 Å². The number of aliphatic imine (C=N–C) groups is 1. The van der Waals surface area contributed by atoms with E-state index in [1.807, 2.05) is 37.3 Å². The van der Waals surface area contributed by atoms with Crippen molar-refractivity contribution in [1.29, 1.82) is 10.7 Å². The predicted molar refractivity (Wildman–Crippen MR) is 114 cm³/mol. The third-order valence-electron chi connectivity index (χ3n) is 4.33. The fourth-order valence-corrected chi connectivity index (χ4v) is 2.75. The van der Waals surface area contributed by atoms with Crippen LogP contribution in [0.25, 0.3) is 0 Å². The number of nitrogens with zero attached hydrogens (tertiary/aromatic N) is 3. The highest BCUT2D eigenvalue weighted by molar-refractivity contribution is 7.77. The number of rotatable bonds is 6. The van der Waals surface area contributed by atoms with E-state index in [1.165, 1.54) is 0 Å². The van der Waals surface area contributed by atoms with Crippen LogP contribution in [0.3, 0.4) is 0 Å². The van der Waals surface area contributed by atoms with Gasteiger partial charge in [0, 0.05) is 12.1 Å². The second-order valence-electron chi connectivity index (χ2n) is 6.27. The molecule has 6 heteroatoms. The van der Waals surface area contributed by atoms with Crippen molar-refractivity contribution in [1.82, 2.24) is 4.90 Å². The molecule has 0 saturated carbocycles. The number of benzene rings is 2. The number of ether oxygens (including phenoxy) is 1. The number of nitriles is 1. The van der Waals surface area contributed by atoms with Crippen LogP contribution in [-0.2, 0) is 19.0 Å². The number of nitrogens with one attached hydrogen (secondary N) is 1. The summed E-state index contributed by atoms with van der Waals surface area (Å²) in [5.41, 5.74) is 3.32. The summed E-state index contributed by atoms with van der Waals surface area (Å²) in [4.78, 5) is 6.35. The van der Waals surface area contributed by atoms with Crippen LogP contribution >= 0.6 is 0 Å². The van der Waals surface area contributed by atoms with Gasteiger partial charge in [0.1, 0.15) is 6.07 Å². The van der Waals surface area contributed by atoms with Gasteiger partial charge < -0.3 is 9.64 Å². The molecular weight excluding hydrogens is 356 g/mol. The van der Waals surface area contributed by atoms with Crippen LogP contribution in [0, 0.1) is 23.7 Å². The highest BCUT2D eigenvalue weighted by atomic mass is 32.1. The van der Waals surface area contributed by atoms with Crippen LogP contribution in [0.15, 0.2) is 47.5 Å². The Balaban J connectivity index is 2.18. The molecule has 0 atom stereocenters. The summed E-state index contributed by atoms with van der Waals surface area (Å²) in [6.45, 7) is 6.04. The first-order chi connectivity index (χ1) is 12.9. The molecule has 2 aromatic carbocycles. The molecule has 0 aromatic heterocycles. The highest BCUT2D eigenvalue weighted by Gasteiger charge is 2.14. The van der Waals surface area contributed by atoms with Crippen molar-refractivity contribution >= 4 is 23.7 Å². The molecule has 27 heavy (non-hydrogen) atoms. The average molecular weight is 382 g/mol. The lowest BCUT2D eigenvalue weighted by Crippen LogP contribution is -2.20. The van der Waals surface area contributed by atoms with Gasteiger partial charge >= 0.3 is 5.23 Å². The molecule has 0 aliphatic carbocycles. The van der Waals surface area contributed by atoms with Gasteiger partial charge in [0.25, 0.3) is 0 Å². The van der Waals surface area contributed by atoms with Crippen molar-refractivity contribution < 1.29 is 4.74 Å². The summed E-state index contributed by atoms with van der Waals surface area (Å²) >= 11 is 3.31. The Morgan fingerprint density at radius 1 is 1.30 bits per heavy atom. The smallest absolute Gasteiger partial charge is 0.401 e. The van der Waals surface area contributed by atoms with E-state index >= 15 is 0 Å². The summed E-state index contributed by atoms with van der Waals surface area (Å²) < 4.78 is 5.70. The van der Waals surface area contributed by atoms with Crippen molar-refractivity contribution in [2.24, 2.45) is 4.99 Å². The Kier molecular flexibility index (Phi) is 7.59. The van der Waals surface area contributed by atoms with Gasteiger partial charge in [-0.05, 0) is 50.2 Å². The van der Waals surface area contributed by atoms with Crippen molar-refractivity contribution in [3.8, 4) is 11.8 Å². The average Bonchev–Trinajstić information content (AvgIpc) is 2.67. The standard InChI is InChI=1S/C21H24N4OS/c1-4-25(3)11-10-17-13-18(14-22)19(12-15(17)2)26-21(27)24-20(23)16-8-6-5-7-9-16/h5-9,12-13H,4,10-11H2,1-3H3,(H2,23,24,27)/p+1. The summed E-state index contributed by atoms with van der Waals surface area (Å²) in [6.07, 6.45) is 0.874. The number of hydrogen-bond acceptors (Lipinski definition) is 4.